The zero-order chi connectivity index (χ0) is 15.0. The van der Waals surface area contributed by atoms with E-state index in [-0.39, 0.29) is 11.9 Å². The predicted octanol–water partition coefficient (Wildman–Crippen LogP) is 1.72. The average Bonchev–Trinajstić information content (AvgIpc) is 2.95. The third-order valence-corrected chi connectivity index (χ3v) is 4.83. The Morgan fingerprint density at radius 2 is 2.19 bits per heavy atom. The van der Waals surface area contributed by atoms with Gasteiger partial charge in [0.25, 0.3) is 5.91 Å². The van der Waals surface area contributed by atoms with Gasteiger partial charge in [0.2, 0.25) is 0 Å². The van der Waals surface area contributed by atoms with Crippen molar-refractivity contribution in [3.05, 3.63) is 34.4 Å². The van der Waals surface area contributed by atoms with E-state index in [1.165, 1.54) is 11.1 Å². The summed E-state index contributed by atoms with van der Waals surface area (Å²) in [6.45, 7) is 7.34. The van der Waals surface area contributed by atoms with Crippen LogP contribution in [0.15, 0.2) is 12.1 Å². The monoisotopic (exact) mass is 288 g/mol. The van der Waals surface area contributed by atoms with Crippen LogP contribution >= 0.6 is 0 Å². The summed E-state index contributed by atoms with van der Waals surface area (Å²) < 4.78 is 5.18. The number of carbonyl (C=O) groups excluding carboxylic acids is 1. The van der Waals surface area contributed by atoms with Crippen LogP contribution in [0.25, 0.3) is 0 Å². The molecule has 2 heterocycles. The van der Waals surface area contributed by atoms with Crippen LogP contribution in [0.2, 0.25) is 0 Å². The van der Waals surface area contributed by atoms with Gasteiger partial charge in [-0.25, -0.2) is 0 Å². The fourth-order valence-electron chi connectivity index (χ4n) is 3.74. The van der Waals surface area contributed by atoms with Crippen LogP contribution in [0.3, 0.4) is 0 Å². The topological polar surface area (TPSA) is 41.6 Å². The molecule has 2 unspecified atom stereocenters. The molecule has 2 atom stereocenters. The molecule has 4 heteroatoms. The third-order valence-electron chi connectivity index (χ3n) is 4.83. The molecule has 0 spiro atoms. The molecule has 2 aliphatic heterocycles. The molecule has 1 aromatic rings. The van der Waals surface area contributed by atoms with E-state index in [1.54, 1.807) is 7.11 Å². The van der Waals surface area contributed by atoms with E-state index >= 15 is 0 Å². The van der Waals surface area contributed by atoms with Crippen molar-refractivity contribution in [2.45, 2.75) is 32.2 Å². The number of hydrogen-bond acceptors (Lipinski definition) is 3. The molecule has 0 radical (unpaired) electrons. The minimum atomic E-state index is 0.173. The zero-order valence-corrected chi connectivity index (χ0v) is 13.1. The molecule has 4 nitrogen and oxygen atoms in total. The molecule has 114 valence electrons. The van der Waals surface area contributed by atoms with E-state index in [2.05, 4.69) is 31.3 Å². The Hall–Kier alpha value is -1.39. The number of carbonyl (C=O) groups is 1. The maximum Gasteiger partial charge on any atom is 0.254 e. The van der Waals surface area contributed by atoms with Gasteiger partial charge in [0.15, 0.2) is 0 Å². The molecule has 1 amide bonds. The molecule has 0 aliphatic carbocycles. The van der Waals surface area contributed by atoms with Gasteiger partial charge in [0, 0.05) is 38.2 Å². The van der Waals surface area contributed by atoms with Crippen LogP contribution in [0.1, 0.15) is 39.9 Å². The third kappa shape index (κ3) is 2.36. The van der Waals surface area contributed by atoms with Gasteiger partial charge in [-0.2, -0.15) is 0 Å². The first kappa shape index (κ1) is 14.5. The van der Waals surface area contributed by atoms with Crippen molar-refractivity contribution in [2.75, 3.05) is 33.4 Å². The molecule has 1 saturated heterocycles. The molecular weight excluding hydrogens is 264 g/mol. The van der Waals surface area contributed by atoms with Crippen LogP contribution in [0.5, 0.6) is 0 Å². The second-order valence-corrected chi connectivity index (χ2v) is 6.05. The molecule has 1 fully saturated rings. The van der Waals surface area contributed by atoms with Crippen LogP contribution in [0, 0.1) is 6.92 Å². The summed E-state index contributed by atoms with van der Waals surface area (Å²) in [5.41, 5.74) is 4.62. The predicted molar refractivity (Wildman–Crippen MR) is 82.9 cm³/mol. The van der Waals surface area contributed by atoms with Crippen molar-refractivity contribution in [2.24, 2.45) is 0 Å². The number of rotatable bonds is 4. The van der Waals surface area contributed by atoms with Gasteiger partial charge in [-0.15, -0.1) is 0 Å². The van der Waals surface area contributed by atoms with Crippen LogP contribution in [-0.4, -0.2) is 50.2 Å². The summed E-state index contributed by atoms with van der Waals surface area (Å²) in [6.07, 6.45) is 1.01. The Balaban J connectivity index is 2.06. The van der Waals surface area contributed by atoms with E-state index in [9.17, 15) is 4.79 Å². The highest BCUT2D eigenvalue weighted by atomic mass is 16.5. The first-order valence-electron chi connectivity index (χ1n) is 7.81. The van der Waals surface area contributed by atoms with Gasteiger partial charge in [0.05, 0.1) is 12.6 Å². The molecule has 21 heavy (non-hydrogen) atoms. The first-order chi connectivity index (χ1) is 10.2. The summed E-state index contributed by atoms with van der Waals surface area (Å²) in [7, 11) is 1.69. The van der Waals surface area contributed by atoms with Crippen molar-refractivity contribution >= 4 is 5.91 Å². The van der Waals surface area contributed by atoms with Gasteiger partial charge in [0.1, 0.15) is 0 Å². The number of methoxy groups -OCH3 is 1. The minimum Gasteiger partial charge on any atom is -0.383 e. The number of benzene rings is 1. The lowest BCUT2D eigenvalue weighted by Gasteiger charge is -2.39. The van der Waals surface area contributed by atoms with Gasteiger partial charge < -0.3 is 15.0 Å². The fourth-order valence-corrected chi connectivity index (χ4v) is 3.74. The van der Waals surface area contributed by atoms with Crippen LogP contribution in [0.4, 0.5) is 0 Å². The molecular formula is C17H24N2O2. The van der Waals surface area contributed by atoms with Crippen LogP contribution in [-0.2, 0) is 11.2 Å². The molecule has 0 aromatic heterocycles. The van der Waals surface area contributed by atoms with Gasteiger partial charge in [-0.1, -0.05) is 19.1 Å². The van der Waals surface area contributed by atoms with Crippen molar-refractivity contribution in [1.29, 1.82) is 0 Å². The molecule has 2 aliphatic rings. The second kappa shape index (κ2) is 5.78. The van der Waals surface area contributed by atoms with E-state index < -0.39 is 0 Å². The average molecular weight is 288 g/mol. The van der Waals surface area contributed by atoms with E-state index in [0.29, 0.717) is 19.1 Å². The number of amides is 1. The molecule has 0 bridgehead atoms. The summed E-state index contributed by atoms with van der Waals surface area (Å²) in [6, 6.07) is 4.68. The van der Waals surface area contributed by atoms with E-state index in [1.807, 2.05) is 4.90 Å². The zero-order valence-electron chi connectivity index (χ0n) is 13.1. The number of hydrogen-bond donors (Lipinski definition) is 1. The lowest BCUT2D eigenvalue weighted by molar-refractivity contribution is 0.0570. The van der Waals surface area contributed by atoms with Crippen molar-refractivity contribution in [3.8, 4) is 0 Å². The lowest BCUT2D eigenvalue weighted by Crippen LogP contribution is -2.49. The first-order valence-corrected chi connectivity index (χ1v) is 7.81. The van der Waals surface area contributed by atoms with Crippen molar-refractivity contribution in [1.82, 2.24) is 10.2 Å². The normalized spacial score (nSPS) is 24.1. The Bertz CT molecular complexity index is 556. The highest BCUT2D eigenvalue weighted by Gasteiger charge is 2.42. The highest BCUT2D eigenvalue weighted by molar-refractivity contribution is 5.99. The van der Waals surface area contributed by atoms with E-state index in [0.717, 1.165) is 30.6 Å². The minimum absolute atomic E-state index is 0.173. The summed E-state index contributed by atoms with van der Waals surface area (Å²) in [5.74, 6) is 0.590. The largest absolute Gasteiger partial charge is 0.383 e. The van der Waals surface area contributed by atoms with Gasteiger partial charge in [-0.05, 0) is 30.0 Å². The molecule has 3 rings (SSSR count). The standard InChI is InChI=1S/C17H24N2O2/c1-4-12-7-11(2)16-13(8-12)14-9-18-10-15(14)19(17(16)20)5-6-21-3/h7-8,14-15,18H,4-6,9-10H2,1-3H3. The van der Waals surface area contributed by atoms with E-state index in [4.69, 9.17) is 4.74 Å². The summed E-state index contributed by atoms with van der Waals surface area (Å²) in [5, 5.41) is 3.45. The number of ether oxygens (including phenoxy) is 1. The maximum atomic E-state index is 12.9. The smallest absolute Gasteiger partial charge is 0.254 e. The Labute approximate surface area is 126 Å². The molecule has 1 N–H and O–H groups in total. The Kier molecular flexibility index (Phi) is 4.00. The van der Waals surface area contributed by atoms with Gasteiger partial charge >= 0.3 is 0 Å². The SMILES string of the molecule is CCc1cc(C)c2c(c1)C1CNCC1N(CCOC)C2=O. The van der Waals surface area contributed by atoms with Crippen molar-refractivity contribution < 1.29 is 9.53 Å². The fraction of sp³-hybridized carbons (Fsp3) is 0.588. The highest BCUT2D eigenvalue weighted by Crippen LogP contribution is 2.37. The second-order valence-electron chi connectivity index (χ2n) is 6.05. The Morgan fingerprint density at radius 1 is 1.38 bits per heavy atom. The number of nitrogens with zero attached hydrogens (tertiary/aromatic N) is 1. The number of aryl methyl sites for hydroxylation is 2. The summed E-state index contributed by atoms with van der Waals surface area (Å²) in [4.78, 5) is 14.9. The van der Waals surface area contributed by atoms with Crippen LogP contribution < -0.4 is 5.32 Å². The summed E-state index contributed by atoms with van der Waals surface area (Å²) >= 11 is 0. The number of fused-ring (bicyclic) bond motifs is 3. The van der Waals surface area contributed by atoms with Crippen molar-refractivity contribution in [3.63, 3.8) is 0 Å². The Morgan fingerprint density at radius 3 is 2.90 bits per heavy atom. The lowest BCUT2D eigenvalue weighted by atomic mass is 9.81. The quantitative estimate of drug-likeness (QED) is 0.917. The van der Waals surface area contributed by atoms with Gasteiger partial charge in [-0.3, -0.25) is 4.79 Å². The number of nitrogens with one attached hydrogen (secondary N) is 1. The molecule has 0 saturated carbocycles. The maximum absolute atomic E-state index is 12.9. The molecule has 1 aromatic carbocycles.